The van der Waals surface area contributed by atoms with E-state index in [2.05, 4.69) is 4.98 Å². The number of aromatic nitrogens is 1. The molecule has 1 heterocycles. The second-order valence-corrected chi connectivity index (χ2v) is 4.41. The van der Waals surface area contributed by atoms with Crippen LogP contribution in [0.4, 0.5) is 5.69 Å². The highest BCUT2D eigenvalue weighted by atomic mass is 16.5. The van der Waals surface area contributed by atoms with Gasteiger partial charge in [-0.15, -0.1) is 0 Å². The first-order valence-corrected chi connectivity index (χ1v) is 6.84. The van der Waals surface area contributed by atoms with E-state index in [1.807, 2.05) is 31.2 Å². The van der Waals surface area contributed by atoms with Crippen molar-refractivity contribution in [3.63, 3.8) is 0 Å². The average Bonchev–Trinajstić information content (AvgIpc) is 2.49. The zero-order valence-corrected chi connectivity index (χ0v) is 12.1. The molecule has 0 spiro atoms. The molecule has 0 aliphatic rings. The van der Waals surface area contributed by atoms with Crippen LogP contribution in [0.5, 0.6) is 11.6 Å². The summed E-state index contributed by atoms with van der Waals surface area (Å²) in [5, 5.41) is 0. The third-order valence-electron chi connectivity index (χ3n) is 2.93. The standard InChI is InChI=1S/C16H18N2O3/c1-3-11-7-5-6-8-14(11)21-15-13(16(19)20-4-2)9-12(17)10-18-15/h5-10H,3-4,17H2,1-2H3. The van der Waals surface area contributed by atoms with E-state index in [0.717, 1.165) is 12.0 Å². The minimum absolute atomic E-state index is 0.198. The van der Waals surface area contributed by atoms with Crippen LogP contribution in [-0.4, -0.2) is 17.6 Å². The van der Waals surface area contributed by atoms with E-state index in [1.165, 1.54) is 12.3 Å². The van der Waals surface area contributed by atoms with Gasteiger partial charge in [-0.3, -0.25) is 0 Å². The molecule has 2 N–H and O–H groups in total. The van der Waals surface area contributed by atoms with Gasteiger partial charge in [-0.25, -0.2) is 9.78 Å². The fourth-order valence-electron chi connectivity index (χ4n) is 1.90. The number of benzene rings is 1. The van der Waals surface area contributed by atoms with Gasteiger partial charge in [-0.2, -0.15) is 0 Å². The Bertz CT molecular complexity index is 641. The first kappa shape index (κ1) is 14.8. The number of aryl methyl sites for hydroxylation is 1. The Morgan fingerprint density at radius 2 is 2.05 bits per heavy atom. The first-order valence-electron chi connectivity index (χ1n) is 6.84. The lowest BCUT2D eigenvalue weighted by molar-refractivity contribution is 0.0522. The number of esters is 1. The van der Waals surface area contributed by atoms with E-state index >= 15 is 0 Å². The third-order valence-corrected chi connectivity index (χ3v) is 2.93. The molecule has 21 heavy (non-hydrogen) atoms. The van der Waals surface area contributed by atoms with Gasteiger partial charge in [0.15, 0.2) is 0 Å². The van der Waals surface area contributed by atoms with Crippen molar-refractivity contribution in [2.24, 2.45) is 0 Å². The lowest BCUT2D eigenvalue weighted by Gasteiger charge is -2.12. The Labute approximate surface area is 123 Å². The van der Waals surface area contributed by atoms with Gasteiger partial charge in [-0.05, 0) is 31.0 Å². The van der Waals surface area contributed by atoms with E-state index < -0.39 is 5.97 Å². The molecule has 1 aromatic heterocycles. The predicted octanol–water partition coefficient (Wildman–Crippen LogP) is 3.20. The van der Waals surface area contributed by atoms with Crippen molar-refractivity contribution >= 4 is 11.7 Å². The number of pyridine rings is 1. The van der Waals surface area contributed by atoms with Gasteiger partial charge in [0.05, 0.1) is 18.5 Å². The van der Waals surface area contributed by atoms with Crippen LogP contribution in [0.2, 0.25) is 0 Å². The fourth-order valence-corrected chi connectivity index (χ4v) is 1.90. The first-order chi connectivity index (χ1) is 10.2. The lowest BCUT2D eigenvalue weighted by Crippen LogP contribution is -2.08. The highest BCUT2D eigenvalue weighted by molar-refractivity contribution is 5.92. The van der Waals surface area contributed by atoms with Crippen LogP contribution in [0.15, 0.2) is 36.5 Å². The highest BCUT2D eigenvalue weighted by Gasteiger charge is 2.17. The van der Waals surface area contributed by atoms with E-state index in [9.17, 15) is 4.79 Å². The number of ether oxygens (including phenoxy) is 2. The number of carbonyl (C=O) groups excluding carboxylic acids is 1. The SMILES string of the molecule is CCOC(=O)c1cc(N)cnc1Oc1ccccc1CC. The molecule has 2 rings (SSSR count). The molecule has 0 aliphatic carbocycles. The van der Waals surface area contributed by atoms with Gasteiger partial charge < -0.3 is 15.2 Å². The number of nitrogens with zero attached hydrogens (tertiary/aromatic N) is 1. The molecule has 0 saturated heterocycles. The Kier molecular flexibility index (Phi) is 4.77. The summed E-state index contributed by atoms with van der Waals surface area (Å²) < 4.78 is 10.8. The van der Waals surface area contributed by atoms with Crippen LogP contribution in [0.3, 0.4) is 0 Å². The van der Waals surface area contributed by atoms with E-state index in [1.54, 1.807) is 6.92 Å². The normalized spacial score (nSPS) is 10.2. The monoisotopic (exact) mass is 286 g/mol. The largest absolute Gasteiger partial charge is 0.462 e. The number of rotatable bonds is 5. The number of hydrogen-bond donors (Lipinski definition) is 1. The van der Waals surface area contributed by atoms with Gasteiger partial charge >= 0.3 is 5.97 Å². The summed E-state index contributed by atoms with van der Waals surface area (Å²) in [5.41, 5.74) is 7.33. The molecule has 1 aromatic carbocycles. The summed E-state index contributed by atoms with van der Waals surface area (Å²) in [4.78, 5) is 16.1. The Hall–Kier alpha value is -2.56. The van der Waals surface area contributed by atoms with Crippen molar-refractivity contribution in [2.75, 3.05) is 12.3 Å². The zero-order valence-electron chi connectivity index (χ0n) is 12.1. The summed E-state index contributed by atoms with van der Waals surface area (Å²) >= 11 is 0. The Morgan fingerprint density at radius 3 is 2.76 bits per heavy atom. The van der Waals surface area contributed by atoms with Crippen molar-refractivity contribution < 1.29 is 14.3 Å². The maximum Gasteiger partial charge on any atom is 0.343 e. The number of hydrogen-bond acceptors (Lipinski definition) is 5. The summed E-state index contributed by atoms with van der Waals surface area (Å²) in [6, 6.07) is 9.13. The van der Waals surface area contributed by atoms with Crippen molar-refractivity contribution in [1.29, 1.82) is 0 Å². The third kappa shape index (κ3) is 3.51. The van der Waals surface area contributed by atoms with Crippen LogP contribution in [0.1, 0.15) is 29.8 Å². The fraction of sp³-hybridized carbons (Fsp3) is 0.250. The van der Waals surface area contributed by atoms with Gasteiger partial charge in [0.25, 0.3) is 0 Å². The maximum absolute atomic E-state index is 12.0. The number of anilines is 1. The molecule has 0 amide bonds. The van der Waals surface area contributed by atoms with Crippen LogP contribution >= 0.6 is 0 Å². The molecular formula is C16H18N2O3. The lowest BCUT2D eigenvalue weighted by atomic mass is 10.1. The molecule has 0 fully saturated rings. The number of nitrogen functional groups attached to an aromatic ring is 1. The van der Waals surface area contributed by atoms with Crippen LogP contribution in [0, 0.1) is 0 Å². The molecule has 0 aliphatic heterocycles. The summed E-state index contributed by atoms with van der Waals surface area (Å²) in [6.45, 7) is 4.05. The highest BCUT2D eigenvalue weighted by Crippen LogP contribution is 2.28. The van der Waals surface area contributed by atoms with E-state index in [0.29, 0.717) is 11.4 Å². The average molecular weight is 286 g/mol. The van der Waals surface area contributed by atoms with Crippen LogP contribution in [-0.2, 0) is 11.2 Å². The Balaban J connectivity index is 2.37. The summed E-state index contributed by atoms with van der Waals surface area (Å²) in [6.07, 6.45) is 2.27. The molecule has 5 nitrogen and oxygen atoms in total. The van der Waals surface area contributed by atoms with Gasteiger partial charge in [-0.1, -0.05) is 25.1 Å². The van der Waals surface area contributed by atoms with Gasteiger partial charge in [0.1, 0.15) is 11.3 Å². The molecule has 0 atom stereocenters. The van der Waals surface area contributed by atoms with Crippen molar-refractivity contribution in [1.82, 2.24) is 4.98 Å². The molecule has 0 unspecified atom stereocenters. The molecule has 110 valence electrons. The molecule has 2 aromatic rings. The molecule has 0 saturated carbocycles. The second-order valence-electron chi connectivity index (χ2n) is 4.41. The topological polar surface area (TPSA) is 74.4 Å². The quantitative estimate of drug-likeness (QED) is 0.854. The van der Waals surface area contributed by atoms with E-state index in [-0.39, 0.29) is 18.1 Å². The Morgan fingerprint density at radius 1 is 1.29 bits per heavy atom. The summed E-state index contributed by atoms with van der Waals surface area (Å²) in [7, 11) is 0. The number of nitrogens with two attached hydrogens (primary N) is 1. The van der Waals surface area contributed by atoms with Crippen molar-refractivity contribution in [2.45, 2.75) is 20.3 Å². The maximum atomic E-state index is 12.0. The predicted molar refractivity (Wildman–Crippen MR) is 80.5 cm³/mol. The molecule has 0 bridgehead atoms. The zero-order chi connectivity index (χ0) is 15.2. The second kappa shape index (κ2) is 6.74. The molecular weight excluding hydrogens is 268 g/mol. The van der Waals surface area contributed by atoms with Gasteiger partial charge in [0, 0.05) is 0 Å². The molecule has 5 heteroatoms. The van der Waals surface area contributed by atoms with Crippen molar-refractivity contribution in [3.05, 3.63) is 47.7 Å². The van der Waals surface area contributed by atoms with Crippen LogP contribution < -0.4 is 10.5 Å². The van der Waals surface area contributed by atoms with Gasteiger partial charge in [0.2, 0.25) is 5.88 Å². The number of para-hydroxylation sites is 1. The minimum Gasteiger partial charge on any atom is -0.462 e. The summed E-state index contributed by atoms with van der Waals surface area (Å²) in [5.74, 6) is 0.368. The minimum atomic E-state index is -0.499. The van der Waals surface area contributed by atoms with E-state index in [4.69, 9.17) is 15.2 Å². The molecule has 0 radical (unpaired) electrons. The van der Waals surface area contributed by atoms with Crippen LogP contribution in [0.25, 0.3) is 0 Å². The smallest absolute Gasteiger partial charge is 0.343 e. The van der Waals surface area contributed by atoms with Crippen molar-refractivity contribution in [3.8, 4) is 11.6 Å². The number of carbonyl (C=O) groups is 1.